The molecule has 0 saturated heterocycles. The number of likely N-dealkylation sites (N-methyl/N-ethyl adjacent to an activating group) is 1. The van der Waals surface area contributed by atoms with Crippen LogP contribution in [0.5, 0.6) is 11.5 Å². The minimum absolute atomic E-state index is 0.0517. The number of hydrogen-bond donors (Lipinski definition) is 2. The largest absolute Gasteiger partial charge is 0.507 e. The molecule has 2 N–H and O–H groups in total. The molecule has 0 bridgehead atoms. The maximum Gasteiger partial charge on any atom is 0.227 e. The molecule has 0 aliphatic carbocycles. The van der Waals surface area contributed by atoms with E-state index in [1.54, 1.807) is 11.9 Å². The Morgan fingerprint density at radius 3 is 2.19 bits per heavy atom. The van der Waals surface area contributed by atoms with Crippen LogP contribution in [-0.2, 0) is 17.8 Å². The van der Waals surface area contributed by atoms with Crippen LogP contribution in [0.15, 0.2) is 71.2 Å². The van der Waals surface area contributed by atoms with Gasteiger partial charge in [-0.15, -0.1) is 0 Å². The number of aromatic hydroxyl groups is 2. The van der Waals surface area contributed by atoms with Crippen LogP contribution in [0.1, 0.15) is 11.1 Å². The Bertz CT molecular complexity index is 943. The van der Waals surface area contributed by atoms with Gasteiger partial charge in [-0.2, -0.15) is 0 Å². The van der Waals surface area contributed by atoms with E-state index in [2.05, 4.69) is 15.9 Å². The van der Waals surface area contributed by atoms with Gasteiger partial charge in [0, 0.05) is 25.2 Å². The van der Waals surface area contributed by atoms with Crippen LogP contribution in [0, 0.1) is 0 Å². The number of phenolic OH excluding ortho intramolecular Hbond substituents is 2. The monoisotopic (exact) mass is 425 g/mol. The zero-order valence-corrected chi connectivity index (χ0v) is 16.5. The zero-order valence-electron chi connectivity index (χ0n) is 14.9. The van der Waals surface area contributed by atoms with Crippen LogP contribution in [0.4, 0.5) is 0 Å². The molecule has 0 fully saturated rings. The number of nitrogens with zero attached hydrogens (tertiary/aromatic N) is 1. The van der Waals surface area contributed by atoms with Crippen molar-refractivity contribution in [3.05, 3.63) is 82.3 Å². The smallest absolute Gasteiger partial charge is 0.227 e. The molecule has 0 atom stereocenters. The van der Waals surface area contributed by atoms with Gasteiger partial charge in [0.1, 0.15) is 11.5 Å². The summed E-state index contributed by atoms with van der Waals surface area (Å²) >= 11 is 3.38. The molecule has 27 heavy (non-hydrogen) atoms. The molecule has 0 aliphatic heterocycles. The fourth-order valence-corrected chi connectivity index (χ4v) is 3.46. The Balaban J connectivity index is 1.93. The summed E-state index contributed by atoms with van der Waals surface area (Å²) in [4.78, 5) is 14.5. The van der Waals surface area contributed by atoms with Crippen molar-refractivity contribution >= 4 is 21.8 Å². The van der Waals surface area contributed by atoms with Crippen molar-refractivity contribution in [3.8, 4) is 22.6 Å². The predicted octanol–water partition coefficient (Wildman–Crippen LogP) is 4.73. The average Bonchev–Trinajstić information content (AvgIpc) is 2.67. The molecule has 4 nitrogen and oxygen atoms in total. The maximum absolute atomic E-state index is 12.8. The second-order valence-corrected chi connectivity index (χ2v) is 7.15. The van der Waals surface area contributed by atoms with Gasteiger partial charge in [0.15, 0.2) is 0 Å². The fraction of sp³-hybridized carbons (Fsp3) is 0.136. The number of halogens is 1. The highest BCUT2D eigenvalue weighted by molar-refractivity contribution is 9.10. The third-order valence-corrected chi connectivity index (χ3v) is 5.28. The summed E-state index contributed by atoms with van der Waals surface area (Å²) in [6.07, 6.45) is 0.0517. The zero-order chi connectivity index (χ0) is 19.4. The van der Waals surface area contributed by atoms with Gasteiger partial charge in [-0.05, 0) is 32.6 Å². The predicted molar refractivity (Wildman–Crippen MR) is 110 cm³/mol. The summed E-state index contributed by atoms with van der Waals surface area (Å²) in [6, 6.07) is 20.4. The topological polar surface area (TPSA) is 60.8 Å². The first kappa shape index (κ1) is 19.0. The number of carbonyl (C=O) groups is 1. The van der Waals surface area contributed by atoms with Gasteiger partial charge >= 0.3 is 0 Å². The van der Waals surface area contributed by atoms with Gasteiger partial charge in [-0.3, -0.25) is 4.79 Å². The van der Waals surface area contributed by atoms with Gasteiger partial charge in [-0.25, -0.2) is 0 Å². The van der Waals surface area contributed by atoms with Crippen molar-refractivity contribution in [1.82, 2.24) is 4.90 Å². The lowest BCUT2D eigenvalue weighted by molar-refractivity contribution is -0.129. The van der Waals surface area contributed by atoms with Crippen molar-refractivity contribution in [3.63, 3.8) is 0 Å². The summed E-state index contributed by atoms with van der Waals surface area (Å²) in [5, 5.41) is 20.5. The van der Waals surface area contributed by atoms with Crippen molar-refractivity contribution in [1.29, 1.82) is 0 Å². The van der Waals surface area contributed by atoms with Gasteiger partial charge in [-0.1, -0.05) is 60.7 Å². The number of rotatable bonds is 5. The van der Waals surface area contributed by atoms with E-state index in [-0.39, 0.29) is 23.8 Å². The number of carbonyl (C=O) groups excluding carboxylic acids is 1. The van der Waals surface area contributed by atoms with E-state index in [0.29, 0.717) is 22.1 Å². The van der Waals surface area contributed by atoms with Gasteiger partial charge in [0.25, 0.3) is 0 Å². The molecule has 3 aromatic carbocycles. The van der Waals surface area contributed by atoms with Crippen LogP contribution in [0.2, 0.25) is 0 Å². The van der Waals surface area contributed by atoms with Gasteiger partial charge < -0.3 is 15.1 Å². The van der Waals surface area contributed by atoms with Gasteiger partial charge in [0.05, 0.1) is 10.9 Å². The number of benzene rings is 3. The van der Waals surface area contributed by atoms with Gasteiger partial charge in [0.2, 0.25) is 5.91 Å². The molecule has 138 valence electrons. The van der Waals surface area contributed by atoms with Crippen LogP contribution in [-0.4, -0.2) is 28.1 Å². The maximum atomic E-state index is 12.8. The van der Waals surface area contributed by atoms with Crippen molar-refractivity contribution < 1.29 is 15.0 Å². The molecule has 0 heterocycles. The molecule has 0 spiro atoms. The highest BCUT2D eigenvalue weighted by atomic mass is 79.9. The van der Waals surface area contributed by atoms with Crippen molar-refractivity contribution in [2.75, 3.05) is 7.05 Å². The second-order valence-electron chi connectivity index (χ2n) is 6.36. The summed E-state index contributed by atoms with van der Waals surface area (Å²) in [5.41, 5.74) is 2.92. The highest BCUT2D eigenvalue weighted by Gasteiger charge is 2.21. The lowest BCUT2D eigenvalue weighted by Gasteiger charge is -2.20. The number of hydrogen-bond acceptors (Lipinski definition) is 3. The molecular weight excluding hydrogens is 406 g/mol. The Kier molecular flexibility index (Phi) is 5.81. The number of phenols is 2. The molecular formula is C22H20BrNO3. The molecule has 0 aliphatic rings. The molecule has 5 heteroatoms. The Morgan fingerprint density at radius 1 is 0.963 bits per heavy atom. The standard InChI is InChI=1S/C22H20BrNO3/c1-24(14-15-8-4-2-5-9-15)20(27)12-17-21(16-10-6-3-7-11-16)18(25)13-19(26)22(17)23/h2-11,13,25-26H,12,14H2,1H3. The molecule has 0 radical (unpaired) electrons. The molecule has 3 aromatic rings. The van der Waals surface area contributed by atoms with E-state index in [1.807, 2.05) is 60.7 Å². The third kappa shape index (κ3) is 4.31. The minimum Gasteiger partial charge on any atom is -0.507 e. The van der Waals surface area contributed by atoms with Crippen LogP contribution < -0.4 is 0 Å². The van der Waals surface area contributed by atoms with E-state index in [1.165, 1.54) is 6.07 Å². The van der Waals surface area contributed by atoms with Crippen molar-refractivity contribution in [2.24, 2.45) is 0 Å². The van der Waals surface area contributed by atoms with E-state index >= 15 is 0 Å². The van der Waals surface area contributed by atoms with E-state index in [9.17, 15) is 15.0 Å². The minimum atomic E-state index is -0.110. The second kappa shape index (κ2) is 8.27. The van der Waals surface area contributed by atoms with Crippen LogP contribution >= 0.6 is 15.9 Å². The lowest BCUT2D eigenvalue weighted by atomic mass is 9.95. The summed E-state index contributed by atoms with van der Waals surface area (Å²) in [7, 11) is 1.74. The Hall–Kier alpha value is -2.79. The molecule has 3 rings (SSSR count). The number of amides is 1. The first-order chi connectivity index (χ1) is 13.0. The fourth-order valence-electron chi connectivity index (χ4n) is 3.01. The van der Waals surface area contributed by atoms with E-state index in [4.69, 9.17) is 0 Å². The molecule has 0 aromatic heterocycles. The molecule has 1 amide bonds. The third-order valence-electron chi connectivity index (χ3n) is 4.40. The normalized spacial score (nSPS) is 10.6. The summed E-state index contributed by atoms with van der Waals surface area (Å²) in [5.74, 6) is -0.266. The summed E-state index contributed by atoms with van der Waals surface area (Å²) < 4.78 is 0.417. The van der Waals surface area contributed by atoms with Crippen molar-refractivity contribution in [2.45, 2.75) is 13.0 Å². The molecule has 0 saturated carbocycles. The SMILES string of the molecule is CN(Cc1ccccc1)C(=O)Cc1c(Br)c(O)cc(O)c1-c1ccccc1. The van der Waals surface area contributed by atoms with Crippen LogP contribution in [0.25, 0.3) is 11.1 Å². The van der Waals surface area contributed by atoms with E-state index in [0.717, 1.165) is 11.1 Å². The van der Waals surface area contributed by atoms with Crippen LogP contribution in [0.3, 0.4) is 0 Å². The Labute approximate surface area is 166 Å². The summed E-state index contributed by atoms with van der Waals surface area (Å²) in [6.45, 7) is 0.489. The highest BCUT2D eigenvalue weighted by Crippen LogP contribution is 2.42. The molecule has 0 unspecified atom stereocenters. The van der Waals surface area contributed by atoms with E-state index < -0.39 is 0 Å². The first-order valence-electron chi connectivity index (χ1n) is 8.54. The Morgan fingerprint density at radius 2 is 1.56 bits per heavy atom. The quantitative estimate of drug-likeness (QED) is 0.620. The first-order valence-corrected chi connectivity index (χ1v) is 9.33. The lowest BCUT2D eigenvalue weighted by Crippen LogP contribution is -2.28. The average molecular weight is 426 g/mol.